The van der Waals surface area contributed by atoms with Gasteiger partial charge in [-0.3, -0.25) is 4.79 Å². The minimum atomic E-state index is -0.121. The largest absolute Gasteiger partial charge is 0.326 e. The summed E-state index contributed by atoms with van der Waals surface area (Å²) in [6.07, 6.45) is 1.64. The van der Waals surface area contributed by atoms with Gasteiger partial charge >= 0.3 is 0 Å². The lowest BCUT2D eigenvalue weighted by molar-refractivity contribution is -0.114. The number of hydrogen-bond donors (Lipinski definition) is 2. The van der Waals surface area contributed by atoms with E-state index >= 15 is 0 Å². The van der Waals surface area contributed by atoms with Crippen molar-refractivity contribution in [2.24, 2.45) is 0 Å². The predicted molar refractivity (Wildman–Crippen MR) is 108 cm³/mol. The van der Waals surface area contributed by atoms with Crippen LogP contribution in [0.1, 0.15) is 19.4 Å². The molecule has 0 radical (unpaired) electrons. The molecule has 0 aliphatic carbocycles. The second-order valence-corrected chi connectivity index (χ2v) is 6.11. The molecule has 138 valence electrons. The molecule has 0 bridgehead atoms. The summed E-state index contributed by atoms with van der Waals surface area (Å²) in [6, 6.07) is 15.6. The Labute approximate surface area is 158 Å². The summed E-state index contributed by atoms with van der Waals surface area (Å²) in [5.41, 5.74) is 3.70. The van der Waals surface area contributed by atoms with Crippen LogP contribution >= 0.6 is 0 Å². The van der Waals surface area contributed by atoms with Crippen LogP contribution in [0.25, 0.3) is 0 Å². The molecule has 0 spiro atoms. The SMILES string of the molecule is CCN(c1cccc(C)c1)c1cnnc(Nc2cccc(NC(C)=O)c2)n1. The third kappa shape index (κ3) is 4.78. The van der Waals surface area contributed by atoms with E-state index in [9.17, 15) is 4.79 Å². The van der Waals surface area contributed by atoms with E-state index < -0.39 is 0 Å². The molecular weight excluding hydrogens is 340 g/mol. The molecule has 2 aromatic carbocycles. The first-order valence-corrected chi connectivity index (χ1v) is 8.74. The minimum absolute atomic E-state index is 0.121. The van der Waals surface area contributed by atoms with E-state index in [1.165, 1.54) is 12.5 Å². The van der Waals surface area contributed by atoms with Gasteiger partial charge in [-0.1, -0.05) is 18.2 Å². The molecule has 3 rings (SSSR count). The van der Waals surface area contributed by atoms with E-state index in [-0.39, 0.29) is 5.91 Å². The predicted octanol–water partition coefficient (Wildman–Crippen LogP) is 4.04. The molecule has 0 saturated carbocycles. The molecule has 0 aliphatic heterocycles. The highest BCUT2D eigenvalue weighted by Crippen LogP contribution is 2.25. The molecule has 1 amide bonds. The van der Waals surface area contributed by atoms with Crippen molar-refractivity contribution in [2.45, 2.75) is 20.8 Å². The van der Waals surface area contributed by atoms with Crippen LogP contribution in [0.2, 0.25) is 0 Å². The maximum atomic E-state index is 11.2. The van der Waals surface area contributed by atoms with Crippen LogP contribution in [0.15, 0.2) is 54.7 Å². The molecule has 0 atom stereocenters. The van der Waals surface area contributed by atoms with E-state index in [0.717, 1.165) is 17.9 Å². The van der Waals surface area contributed by atoms with Gasteiger partial charge in [-0.05, 0) is 49.7 Å². The van der Waals surface area contributed by atoms with Crippen LogP contribution in [0.3, 0.4) is 0 Å². The van der Waals surface area contributed by atoms with Gasteiger partial charge in [0.1, 0.15) is 0 Å². The molecule has 7 heteroatoms. The fraction of sp³-hybridized carbons (Fsp3) is 0.200. The summed E-state index contributed by atoms with van der Waals surface area (Å²) in [5, 5.41) is 14.0. The highest BCUT2D eigenvalue weighted by molar-refractivity contribution is 5.89. The number of hydrogen-bond acceptors (Lipinski definition) is 6. The Kier molecular flexibility index (Phi) is 5.61. The first-order valence-electron chi connectivity index (χ1n) is 8.74. The fourth-order valence-corrected chi connectivity index (χ4v) is 2.76. The van der Waals surface area contributed by atoms with Gasteiger partial charge in [0.2, 0.25) is 11.9 Å². The van der Waals surface area contributed by atoms with Crippen molar-refractivity contribution in [1.82, 2.24) is 15.2 Å². The van der Waals surface area contributed by atoms with Crippen LogP contribution in [-0.4, -0.2) is 27.6 Å². The van der Waals surface area contributed by atoms with Gasteiger partial charge in [0.15, 0.2) is 5.82 Å². The molecule has 2 N–H and O–H groups in total. The quantitative estimate of drug-likeness (QED) is 0.689. The van der Waals surface area contributed by atoms with Crippen molar-refractivity contribution in [1.29, 1.82) is 0 Å². The number of anilines is 5. The number of carbonyl (C=O) groups excluding carboxylic acids is 1. The first-order chi connectivity index (χ1) is 13.0. The molecule has 1 aromatic heterocycles. The van der Waals surface area contributed by atoms with Gasteiger partial charge in [0.05, 0.1) is 6.20 Å². The Morgan fingerprint density at radius 1 is 1.11 bits per heavy atom. The third-order valence-electron chi connectivity index (χ3n) is 3.89. The standard InChI is InChI=1S/C20H22N6O/c1-4-26(18-10-5-7-14(2)11-18)19-13-21-25-20(24-19)23-17-9-6-8-16(12-17)22-15(3)27/h5-13H,4H2,1-3H3,(H,22,27)(H,23,24,25). The second kappa shape index (κ2) is 8.27. The first kappa shape index (κ1) is 18.3. The normalized spacial score (nSPS) is 10.3. The molecular formula is C20H22N6O. The molecule has 0 unspecified atom stereocenters. The maximum absolute atomic E-state index is 11.2. The number of aromatic nitrogens is 3. The van der Waals surface area contributed by atoms with Crippen LogP contribution in [0, 0.1) is 6.92 Å². The third-order valence-corrected chi connectivity index (χ3v) is 3.89. The number of nitrogens with zero attached hydrogens (tertiary/aromatic N) is 4. The highest BCUT2D eigenvalue weighted by atomic mass is 16.1. The second-order valence-electron chi connectivity index (χ2n) is 6.11. The van der Waals surface area contributed by atoms with Crippen LogP contribution < -0.4 is 15.5 Å². The van der Waals surface area contributed by atoms with Gasteiger partial charge in [0, 0.05) is 30.5 Å². The number of aryl methyl sites for hydroxylation is 1. The van der Waals surface area contributed by atoms with Crippen LogP contribution in [-0.2, 0) is 4.79 Å². The van der Waals surface area contributed by atoms with E-state index in [1.807, 2.05) is 36.4 Å². The molecule has 27 heavy (non-hydrogen) atoms. The molecule has 1 heterocycles. The van der Waals surface area contributed by atoms with Gasteiger partial charge in [-0.15, -0.1) is 5.10 Å². The summed E-state index contributed by atoms with van der Waals surface area (Å²) >= 11 is 0. The summed E-state index contributed by atoms with van der Waals surface area (Å²) in [5.74, 6) is 0.973. The Morgan fingerprint density at radius 3 is 2.63 bits per heavy atom. The smallest absolute Gasteiger partial charge is 0.249 e. The average Bonchev–Trinajstić information content (AvgIpc) is 2.62. The van der Waals surface area contributed by atoms with E-state index in [1.54, 1.807) is 6.20 Å². The monoisotopic (exact) mass is 362 g/mol. The van der Waals surface area contributed by atoms with E-state index in [0.29, 0.717) is 17.5 Å². The lowest BCUT2D eigenvalue weighted by Crippen LogP contribution is -2.18. The van der Waals surface area contributed by atoms with Crippen molar-refractivity contribution in [3.8, 4) is 0 Å². The number of benzene rings is 2. The maximum Gasteiger partial charge on any atom is 0.249 e. The Morgan fingerprint density at radius 2 is 1.89 bits per heavy atom. The Balaban J connectivity index is 1.84. The molecule has 0 saturated heterocycles. The zero-order chi connectivity index (χ0) is 19.2. The molecule has 7 nitrogen and oxygen atoms in total. The van der Waals surface area contributed by atoms with Crippen LogP contribution in [0.4, 0.5) is 28.8 Å². The number of carbonyl (C=O) groups is 1. The molecule has 3 aromatic rings. The fourth-order valence-electron chi connectivity index (χ4n) is 2.76. The molecule has 0 aliphatic rings. The van der Waals surface area contributed by atoms with Gasteiger partial charge in [-0.25, -0.2) is 0 Å². The van der Waals surface area contributed by atoms with E-state index in [2.05, 4.69) is 56.7 Å². The van der Waals surface area contributed by atoms with Gasteiger partial charge < -0.3 is 15.5 Å². The average molecular weight is 362 g/mol. The lowest BCUT2D eigenvalue weighted by atomic mass is 10.2. The lowest BCUT2D eigenvalue weighted by Gasteiger charge is -2.22. The van der Waals surface area contributed by atoms with Crippen molar-refractivity contribution in [3.05, 3.63) is 60.3 Å². The highest BCUT2D eigenvalue weighted by Gasteiger charge is 2.11. The number of amides is 1. The van der Waals surface area contributed by atoms with Crippen molar-refractivity contribution in [2.75, 3.05) is 22.1 Å². The van der Waals surface area contributed by atoms with Crippen molar-refractivity contribution in [3.63, 3.8) is 0 Å². The summed E-state index contributed by atoms with van der Waals surface area (Å²) < 4.78 is 0. The summed E-state index contributed by atoms with van der Waals surface area (Å²) in [6.45, 7) is 6.35. The summed E-state index contributed by atoms with van der Waals surface area (Å²) in [4.78, 5) is 17.9. The van der Waals surface area contributed by atoms with Crippen LogP contribution in [0.5, 0.6) is 0 Å². The minimum Gasteiger partial charge on any atom is -0.326 e. The number of nitrogens with one attached hydrogen (secondary N) is 2. The summed E-state index contributed by atoms with van der Waals surface area (Å²) in [7, 11) is 0. The molecule has 0 fully saturated rings. The van der Waals surface area contributed by atoms with Gasteiger partial charge in [-0.2, -0.15) is 10.1 Å². The topological polar surface area (TPSA) is 83.0 Å². The Bertz CT molecular complexity index is 943. The zero-order valence-electron chi connectivity index (χ0n) is 15.6. The Hall–Kier alpha value is -3.48. The van der Waals surface area contributed by atoms with E-state index in [4.69, 9.17) is 0 Å². The number of rotatable bonds is 6. The van der Waals surface area contributed by atoms with Crippen molar-refractivity contribution < 1.29 is 4.79 Å². The zero-order valence-corrected chi connectivity index (χ0v) is 15.6. The van der Waals surface area contributed by atoms with Gasteiger partial charge in [0.25, 0.3) is 0 Å². The van der Waals surface area contributed by atoms with Crippen molar-refractivity contribution >= 4 is 34.7 Å².